The second-order valence-corrected chi connectivity index (χ2v) is 5.70. The van der Waals surface area contributed by atoms with Gasteiger partial charge in [-0.05, 0) is 24.0 Å². The molecule has 0 spiro atoms. The molecule has 0 aliphatic rings. The zero-order chi connectivity index (χ0) is 12.7. The lowest BCUT2D eigenvalue weighted by atomic mass is 10.1. The molecule has 5 heteroatoms. The number of carbonyl (C=O) groups is 1. The molecule has 0 radical (unpaired) electrons. The van der Waals surface area contributed by atoms with Crippen LogP contribution in [-0.2, 0) is 0 Å². The Morgan fingerprint density at radius 2 is 2.24 bits per heavy atom. The van der Waals surface area contributed by atoms with Crippen LogP contribution < -0.4 is 10.6 Å². The predicted octanol–water partition coefficient (Wildman–Crippen LogP) is 2.97. The Morgan fingerprint density at radius 1 is 1.47 bits per heavy atom. The summed E-state index contributed by atoms with van der Waals surface area (Å²) in [5.74, 6) is 2.08. The van der Waals surface area contributed by atoms with Gasteiger partial charge < -0.3 is 10.6 Å². The van der Waals surface area contributed by atoms with Crippen molar-refractivity contribution in [1.29, 1.82) is 0 Å². The molecule has 0 heterocycles. The molecule has 0 saturated heterocycles. The molecule has 1 aromatic carbocycles. The maximum absolute atomic E-state index is 11.7. The van der Waals surface area contributed by atoms with Gasteiger partial charge in [0, 0.05) is 29.5 Å². The van der Waals surface area contributed by atoms with Gasteiger partial charge in [-0.1, -0.05) is 22.9 Å². The molecule has 1 rings (SSSR count). The summed E-state index contributed by atoms with van der Waals surface area (Å²) in [4.78, 5) is 11.7. The molecular formula is C12H17BrN2OS. The fraction of sp³-hybridized carbons (Fsp3) is 0.417. The van der Waals surface area contributed by atoms with Crippen LogP contribution in [0.1, 0.15) is 17.3 Å². The van der Waals surface area contributed by atoms with Gasteiger partial charge in [0.15, 0.2) is 0 Å². The summed E-state index contributed by atoms with van der Waals surface area (Å²) in [6.07, 6.45) is 0. The fourth-order valence-electron chi connectivity index (χ4n) is 1.40. The number of benzene rings is 1. The lowest BCUT2D eigenvalue weighted by Gasteiger charge is -2.11. The van der Waals surface area contributed by atoms with E-state index in [0.29, 0.717) is 5.56 Å². The van der Waals surface area contributed by atoms with Crippen LogP contribution in [0.2, 0.25) is 0 Å². The molecule has 17 heavy (non-hydrogen) atoms. The molecule has 2 N–H and O–H groups in total. The standard InChI is InChI=1S/C12H17BrN2OS/c1-3-17-7-6-15-11-5-4-9(13)8-10(11)12(16)14-2/h4-5,8,15H,3,6-7H2,1-2H3,(H,14,16). The van der Waals surface area contributed by atoms with Crippen LogP contribution in [0.25, 0.3) is 0 Å². The van der Waals surface area contributed by atoms with Crippen molar-refractivity contribution < 1.29 is 4.79 Å². The van der Waals surface area contributed by atoms with Gasteiger partial charge in [-0.2, -0.15) is 11.8 Å². The first-order valence-electron chi connectivity index (χ1n) is 5.52. The van der Waals surface area contributed by atoms with Gasteiger partial charge in [0.05, 0.1) is 5.56 Å². The van der Waals surface area contributed by atoms with Crippen molar-refractivity contribution >= 4 is 39.3 Å². The van der Waals surface area contributed by atoms with Crippen molar-refractivity contribution in [3.63, 3.8) is 0 Å². The Balaban J connectivity index is 2.72. The van der Waals surface area contributed by atoms with E-state index in [0.717, 1.165) is 28.2 Å². The maximum atomic E-state index is 11.7. The Labute approximate surface area is 115 Å². The number of halogens is 1. The summed E-state index contributed by atoms with van der Waals surface area (Å²) in [5.41, 5.74) is 1.55. The zero-order valence-electron chi connectivity index (χ0n) is 10.0. The van der Waals surface area contributed by atoms with Gasteiger partial charge in [0.2, 0.25) is 0 Å². The number of anilines is 1. The van der Waals surface area contributed by atoms with Crippen molar-refractivity contribution in [2.75, 3.05) is 30.4 Å². The number of rotatable bonds is 6. The van der Waals surface area contributed by atoms with Crippen LogP contribution in [0.4, 0.5) is 5.69 Å². The third kappa shape index (κ3) is 4.60. The third-order valence-corrected chi connectivity index (χ3v) is 3.61. The third-order valence-electron chi connectivity index (χ3n) is 2.22. The van der Waals surface area contributed by atoms with Gasteiger partial charge >= 0.3 is 0 Å². The average molecular weight is 317 g/mol. The Morgan fingerprint density at radius 3 is 2.88 bits per heavy atom. The highest BCUT2D eigenvalue weighted by molar-refractivity contribution is 9.10. The number of hydrogen-bond acceptors (Lipinski definition) is 3. The molecule has 3 nitrogen and oxygen atoms in total. The minimum atomic E-state index is -0.0723. The van der Waals surface area contributed by atoms with Crippen molar-refractivity contribution in [1.82, 2.24) is 5.32 Å². The second kappa shape index (κ2) is 7.61. The number of carbonyl (C=O) groups excluding carboxylic acids is 1. The van der Waals surface area contributed by atoms with E-state index >= 15 is 0 Å². The zero-order valence-corrected chi connectivity index (χ0v) is 12.5. The Bertz CT molecular complexity index is 385. The van der Waals surface area contributed by atoms with Crippen LogP contribution in [-0.4, -0.2) is 31.0 Å². The van der Waals surface area contributed by atoms with Gasteiger partial charge in [0.1, 0.15) is 0 Å². The van der Waals surface area contributed by atoms with E-state index in [9.17, 15) is 4.79 Å². The molecule has 0 aliphatic carbocycles. The highest BCUT2D eigenvalue weighted by Gasteiger charge is 2.09. The van der Waals surface area contributed by atoms with Crippen LogP contribution in [0, 0.1) is 0 Å². The van der Waals surface area contributed by atoms with Crippen LogP contribution >= 0.6 is 27.7 Å². The van der Waals surface area contributed by atoms with Gasteiger partial charge in [-0.15, -0.1) is 0 Å². The highest BCUT2D eigenvalue weighted by atomic mass is 79.9. The van der Waals surface area contributed by atoms with Crippen LogP contribution in [0.15, 0.2) is 22.7 Å². The molecule has 0 bridgehead atoms. The minimum absolute atomic E-state index is 0.0723. The largest absolute Gasteiger partial charge is 0.384 e. The smallest absolute Gasteiger partial charge is 0.253 e. The van der Waals surface area contributed by atoms with Crippen LogP contribution in [0.3, 0.4) is 0 Å². The summed E-state index contributed by atoms with van der Waals surface area (Å²) in [7, 11) is 1.64. The first kappa shape index (κ1) is 14.4. The van der Waals surface area contributed by atoms with E-state index in [-0.39, 0.29) is 5.91 Å². The topological polar surface area (TPSA) is 41.1 Å². The average Bonchev–Trinajstić information content (AvgIpc) is 2.35. The fourth-order valence-corrected chi connectivity index (χ4v) is 2.29. The highest BCUT2D eigenvalue weighted by Crippen LogP contribution is 2.21. The lowest BCUT2D eigenvalue weighted by Crippen LogP contribution is -2.20. The molecule has 0 fully saturated rings. The molecule has 0 atom stereocenters. The number of thioether (sulfide) groups is 1. The molecule has 0 aromatic heterocycles. The maximum Gasteiger partial charge on any atom is 0.253 e. The number of amides is 1. The quantitative estimate of drug-likeness (QED) is 0.793. The van der Waals surface area contributed by atoms with E-state index in [4.69, 9.17) is 0 Å². The Kier molecular flexibility index (Phi) is 6.44. The predicted molar refractivity (Wildman–Crippen MR) is 79.0 cm³/mol. The molecule has 0 unspecified atom stereocenters. The van der Waals surface area contributed by atoms with Gasteiger partial charge in [0.25, 0.3) is 5.91 Å². The molecule has 94 valence electrons. The summed E-state index contributed by atoms with van der Waals surface area (Å²) in [6.45, 7) is 3.00. The first-order chi connectivity index (χ1) is 8.19. The number of nitrogens with one attached hydrogen (secondary N) is 2. The SMILES string of the molecule is CCSCCNc1ccc(Br)cc1C(=O)NC. The normalized spacial score (nSPS) is 10.1. The second-order valence-electron chi connectivity index (χ2n) is 3.39. The van der Waals surface area contributed by atoms with E-state index in [1.165, 1.54) is 0 Å². The monoisotopic (exact) mass is 316 g/mol. The summed E-state index contributed by atoms with van der Waals surface area (Å²) >= 11 is 5.25. The van der Waals surface area contributed by atoms with E-state index in [1.54, 1.807) is 7.05 Å². The lowest BCUT2D eigenvalue weighted by molar-refractivity contribution is 0.0964. The van der Waals surface area contributed by atoms with Crippen LogP contribution in [0.5, 0.6) is 0 Å². The van der Waals surface area contributed by atoms with Crippen molar-refractivity contribution in [3.05, 3.63) is 28.2 Å². The summed E-state index contributed by atoms with van der Waals surface area (Å²) in [5, 5.41) is 5.93. The molecule has 1 amide bonds. The van der Waals surface area contributed by atoms with Crippen molar-refractivity contribution in [3.8, 4) is 0 Å². The van der Waals surface area contributed by atoms with E-state index in [2.05, 4.69) is 33.5 Å². The van der Waals surface area contributed by atoms with Crippen molar-refractivity contribution in [2.45, 2.75) is 6.92 Å². The van der Waals surface area contributed by atoms with Crippen molar-refractivity contribution in [2.24, 2.45) is 0 Å². The van der Waals surface area contributed by atoms with E-state index < -0.39 is 0 Å². The molecular weight excluding hydrogens is 300 g/mol. The Hall–Kier alpha value is -0.680. The number of hydrogen-bond donors (Lipinski definition) is 2. The summed E-state index contributed by atoms with van der Waals surface area (Å²) < 4.78 is 0.907. The molecule has 0 aliphatic heterocycles. The van der Waals surface area contributed by atoms with Gasteiger partial charge in [-0.25, -0.2) is 0 Å². The molecule has 0 saturated carbocycles. The minimum Gasteiger partial charge on any atom is -0.384 e. The summed E-state index contributed by atoms with van der Waals surface area (Å²) in [6, 6.07) is 5.68. The van der Waals surface area contributed by atoms with E-state index in [1.807, 2.05) is 30.0 Å². The first-order valence-corrected chi connectivity index (χ1v) is 7.47. The molecule has 1 aromatic rings. The van der Waals surface area contributed by atoms with Gasteiger partial charge in [-0.3, -0.25) is 4.79 Å².